The molecule has 1 aromatic heterocycles. The highest BCUT2D eigenvalue weighted by Crippen LogP contribution is 2.36. The topological polar surface area (TPSA) is 88.4 Å². The van der Waals surface area contributed by atoms with E-state index in [2.05, 4.69) is 5.92 Å². The summed E-state index contributed by atoms with van der Waals surface area (Å²) < 4.78 is 24.1. The molecule has 5 rings (SSSR count). The molecule has 8 nitrogen and oxygen atoms in total. The highest BCUT2D eigenvalue weighted by Gasteiger charge is 2.35. The Bertz CT molecular complexity index is 1860. The summed E-state index contributed by atoms with van der Waals surface area (Å²) in [5.41, 5.74) is 2.44. The van der Waals surface area contributed by atoms with E-state index in [1.165, 1.54) is 18.4 Å². The van der Waals surface area contributed by atoms with Crippen LogP contribution in [0.3, 0.4) is 0 Å². The number of aromatic nitrogens is 1. The van der Waals surface area contributed by atoms with Crippen LogP contribution in [0.5, 0.6) is 17.2 Å². The Hall–Kier alpha value is -5.07. The molecule has 0 saturated heterocycles. The molecule has 0 spiro atoms. The molecule has 0 amide bonds. The van der Waals surface area contributed by atoms with Crippen LogP contribution in [-0.2, 0) is 9.53 Å². The van der Waals surface area contributed by atoms with Crippen LogP contribution in [0.1, 0.15) is 29.7 Å². The zero-order valence-electron chi connectivity index (χ0n) is 23.3. The number of carbonyl (C=O) groups excluding carboxylic acids is 1. The minimum atomic E-state index is -0.800. The molecular formula is C33H28N2O6S. The first kappa shape index (κ1) is 28.5. The molecule has 1 aliphatic heterocycles. The van der Waals surface area contributed by atoms with Crippen LogP contribution in [0.4, 0.5) is 0 Å². The Kier molecular flexibility index (Phi) is 8.55. The van der Waals surface area contributed by atoms with Crippen molar-refractivity contribution in [3.63, 3.8) is 0 Å². The van der Waals surface area contributed by atoms with Gasteiger partial charge < -0.3 is 18.9 Å². The minimum Gasteiger partial charge on any atom is -0.497 e. The van der Waals surface area contributed by atoms with Crippen molar-refractivity contribution in [3.8, 4) is 29.6 Å². The molecule has 0 unspecified atom stereocenters. The molecule has 1 atom stereocenters. The molecule has 0 aliphatic carbocycles. The minimum absolute atomic E-state index is 0.0310. The van der Waals surface area contributed by atoms with E-state index in [0.717, 1.165) is 5.56 Å². The monoisotopic (exact) mass is 580 g/mol. The molecule has 3 aromatic carbocycles. The first-order valence-corrected chi connectivity index (χ1v) is 14.0. The van der Waals surface area contributed by atoms with E-state index in [1.54, 1.807) is 48.9 Å². The number of hydrogen-bond acceptors (Lipinski definition) is 8. The maximum absolute atomic E-state index is 14.2. The zero-order chi connectivity index (χ0) is 29.6. The number of methoxy groups -OCH3 is 2. The number of benzene rings is 3. The molecule has 9 heteroatoms. The van der Waals surface area contributed by atoms with Gasteiger partial charge in [-0.2, -0.15) is 0 Å². The van der Waals surface area contributed by atoms with Gasteiger partial charge >= 0.3 is 5.97 Å². The quantitative estimate of drug-likeness (QED) is 0.220. The average Bonchev–Trinajstić information content (AvgIpc) is 3.34. The molecule has 2 heterocycles. The van der Waals surface area contributed by atoms with Gasteiger partial charge in [0.15, 0.2) is 16.3 Å². The van der Waals surface area contributed by atoms with Crippen molar-refractivity contribution >= 4 is 29.1 Å². The van der Waals surface area contributed by atoms with E-state index in [4.69, 9.17) is 30.4 Å². The summed E-state index contributed by atoms with van der Waals surface area (Å²) in [4.78, 5) is 33.1. The Balaban J connectivity index is 1.81. The van der Waals surface area contributed by atoms with Crippen molar-refractivity contribution < 1.29 is 23.7 Å². The standard InChI is InChI=1S/C33H28N2O6S/c1-5-19-41-30-23(13-10-14-25(30)39-4)20-26-31(36)35-29(22-15-17-24(38-3)18-16-22)27(32(37)40-6-2)28(34-33(35)42-26)21-11-8-7-9-12-21/h1,7-18,20,29H,6,19H2,2-4H3/b26-20-/t29-/m0/s1. The van der Waals surface area contributed by atoms with Gasteiger partial charge in [0.05, 0.1) is 42.7 Å². The van der Waals surface area contributed by atoms with E-state index in [1.807, 2.05) is 48.5 Å². The Morgan fingerprint density at radius 3 is 2.48 bits per heavy atom. The summed E-state index contributed by atoms with van der Waals surface area (Å²) in [6.45, 7) is 1.94. The molecule has 42 heavy (non-hydrogen) atoms. The number of para-hydroxylation sites is 1. The number of thiazole rings is 1. The van der Waals surface area contributed by atoms with E-state index < -0.39 is 12.0 Å². The zero-order valence-corrected chi connectivity index (χ0v) is 24.1. The molecule has 0 radical (unpaired) electrons. The summed E-state index contributed by atoms with van der Waals surface area (Å²) >= 11 is 1.21. The summed E-state index contributed by atoms with van der Waals surface area (Å²) in [5, 5.41) is 0. The SMILES string of the molecule is C#CCOc1c(/C=c2\sc3n(c2=O)[C@@H](c2ccc(OC)cc2)C(C(=O)OCC)=C(c2ccccc2)N=3)cccc1OC. The Morgan fingerprint density at radius 2 is 1.81 bits per heavy atom. The van der Waals surface area contributed by atoms with Gasteiger partial charge in [0.25, 0.3) is 5.56 Å². The van der Waals surface area contributed by atoms with Crippen molar-refractivity contribution in [3.05, 3.63) is 115 Å². The first-order chi connectivity index (χ1) is 20.5. The fraction of sp³-hybridized carbons (Fsp3) is 0.182. The predicted molar refractivity (Wildman–Crippen MR) is 161 cm³/mol. The number of esters is 1. The third-order valence-electron chi connectivity index (χ3n) is 6.62. The molecule has 0 N–H and O–H groups in total. The lowest BCUT2D eigenvalue weighted by Gasteiger charge is -2.26. The van der Waals surface area contributed by atoms with Crippen molar-refractivity contribution in [1.82, 2.24) is 4.57 Å². The summed E-state index contributed by atoms with van der Waals surface area (Å²) in [6, 6.07) is 21.2. The fourth-order valence-electron chi connectivity index (χ4n) is 4.76. The molecular weight excluding hydrogens is 552 g/mol. The fourth-order valence-corrected chi connectivity index (χ4v) is 5.75. The van der Waals surface area contributed by atoms with Crippen molar-refractivity contribution in [1.29, 1.82) is 0 Å². The highest BCUT2D eigenvalue weighted by molar-refractivity contribution is 7.07. The normalized spacial score (nSPS) is 14.4. The van der Waals surface area contributed by atoms with Gasteiger partial charge in [-0.05, 0) is 36.8 Å². The van der Waals surface area contributed by atoms with Gasteiger partial charge in [0.1, 0.15) is 12.4 Å². The van der Waals surface area contributed by atoms with E-state index in [-0.39, 0.29) is 24.3 Å². The summed E-state index contributed by atoms with van der Waals surface area (Å²) in [5.74, 6) is 3.47. The van der Waals surface area contributed by atoms with Gasteiger partial charge in [-0.1, -0.05) is 71.9 Å². The lowest BCUT2D eigenvalue weighted by Crippen LogP contribution is -2.40. The van der Waals surface area contributed by atoms with Crippen molar-refractivity contribution in [2.24, 2.45) is 4.99 Å². The largest absolute Gasteiger partial charge is 0.497 e. The predicted octanol–water partition coefficient (Wildman–Crippen LogP) is 3.96. The second-order valence-corrected chi connectivity index (χ2v) is 10.1. The average molecular weight is 581 g/mol. The van der Waals surface area contributed by atoms with Crippen LogP contribution in [0.25, 0.3) is 11.8 Å². The number of fused-ring (bicyclic) bond motifs is 1. The number of hydrogen-bond donors (Lipinski definition) is 0. The van der Waals surface area contributed by atoms with Crippen LogP contribution in [0.2, 0.25) is 0 Å². The van der Waals surface area contributed by atoms with Gasteiger partial charge in [-0.3, -0.25) is 9.36 Å². The number of rotatable bonds is 9. The number of terminal acetylenes is 1. The molecule has 4 aromatic rings. The molecule has 0 saturated carbocycles. The van der Waals surface area contributed by atoms with E-state index in [9.17, 15) is 9.59 Å². The van der Waals surface area contributed by atoms with Gasteiger partial charge in [-0.15, -0.1) is 6.42 Å². The van der Waals surface area contributed by atoms with Crippen molar-refractivity contribution in [2.75, 3.05) is 27.4 Å². The summed E-state index contributed by atoms with van der Waals surface area (Å²) in [6.07, 6.45) is 7.15. The molecule has 212 valence electrons. The van der Waals surface area contributed by atoms with Crippen LogP contribution in [0.15, 0.2) is 88.2 Å². The number of ether oxygens (including phenoxy) is 4. The lowest BCUT2D eigenvalue weighted by atomic mass is 9.93. The number of carbonyl (C=O) groups is 1. The molecule has 1 aliphatic rings. The van der Waals surface area contributed by atoms with E-state index in [0.29, 0.717) is 43.4 Å². The van der Waals surface area contributed by atoms with Gasteiger partial charge in [0.2, 0.25) is 0 Å². The maximum atomic E-state index is 14.2. The smallest absolute Gasteiger partial charge is 0.338 e. The third-order valence-corrected chi connectivity index (χ3v) is 7.60. The van der Waals surface area contributed by atoms with Crippen LogP contribution < -0.4 is 29.1 Å². The lowest BCUT2D eigenvalue weighted by molar-refractivity contribution is -0.138. The van der Waals surface area contributed by atoms with Gasteiger partial charge in [-0.25, -0.2) is 9.79 Å². The van der Waals surface area contributed by atoms with Gasteiger partial charge in [0, 0.05) is 11.1 Å². The Labute approximate surface area is 246 Å². The molecule has 0 fully saturated rings. The number of nitrogens with zero attached hydrogens (tertiary/aromatic N) is 2. The van der Waals surface area contributed by atoms with Crippen LogP contribution in [-0.4, -0.2) is 38.0 Å². The second kappa shape index (κ2) is 12.6. The first-order valence-electron chi connectivity index (χ1n) is 13.2. The maximum Gasteiger partial charge on any atom is 0.338 e. The van der Waals surface area contributed by atoms with E-state index >= 15 is 0 Å². The Morgan fingerprint density at radius 1 is 1.05 bits per heavy atom. The highest BCUT2D eigenvalue weighted by atomic mass is 32.1. The van der Waals surface area contributed by atoms with Crippen LogP contribution in [0, 0.1) is 12.3 Å². The van der Waals surface area contributed by atoms with Crippen LogP contribution >= 0.6 is 11.3 Å². The third kappa shape index (κ3) is 5.45. The second-order valence-electron chi connectivity index (χ2n) is 9.08. The summed E-state index contributed by atoms with van der Waals surface area (Å²) in [7, 11) is 3.11. The molecule has 0 bridgehead atoms. The van der Waals surface area contributed by atoms with Crippen molar-refractivity contribution in [2.45, 2.75) is 13.0 Å².